The molecule has 0 unspecified atom stereocenters. The molecule has 0 aliphatic heterocycles. The topological polar surface area (TPSA) is 70.3 Å². The Kier molecular flexibility index (Phi) is 3.94. The summed E-state index contributed by atoms with van der Waals surface area (Å²) >= 11 is 0. The summed E-state index contributed by atoms with van der Waals surface area (Å²) in [6, 6.07) is 4.60. The number of aromatic nitrogens is 2. The molecular formula is C14H19N3O2. The van der Waals surface area contributed by atoms with E-state index in [0.29, 0.717) is 6.54 Å². The van der Waals surface area contributed by atoms with Crippen molar-refractivity contribution < 1.29 is 10.2 Å². The average molecular weight is 261 g/mol. The minimum atomic E-state index is 0.0631. The van der Waals surface area contributed by atoms with E-state index in [0.717, 1.165) is 29.9 Å². The molecule has 0 amide bonds. The van der Waals surface area contributed by atoms with Crippen LogP contribution in [0.15, 0.2) is 24.4 Å². The van der Waals surface area contributed by atoms with E-state index in [1.165, 1.54) is 6.07 Å². The highest BCUT2D eigenvalue weighted by Gasteiger charge is 2.06. The van der Waals surface area contributed by atoms with Gasteiger partial charge in [-0.25, -0.2) is 0 Å². The van der Waals surface area contributed by atoms with Crippen LogP contribution in [0.3, 0.4) is 0 Å². The van der Waals surface area contributed by atoms with Gasteiger partial charge in [0.25, 0.3) is 0 Å². The van der Waals surface area contributed by atoms with Gasteiger partial charge in [0.15, 0.2) is 0 Å². The maximum Gasteiger partial charge on any atom is 0.124 e. The lowest BCUT2D eigenvalue weighted by Crippen LogP contribution is -2.00. The lowest BCUT2D eigenvalue weighted by Gasteiger charge is -2.07. The molecule has 0 radical (unpaired) electrons. The largest absolute Gasteiger partial charge is 0.508 e. The zero-order valence-electron chi connectivity index (χ0n) is 11.2. The van der Waals surface area contributed by atoms with Gasteiger partial charge in [-0.1, -0.05) is 6.92 Å². The summed E-state index contributed by atoms with van der Waals surface area (Å²) in [4.78, 5) is 0. The minimum absolute atomic E-state index is 0.0631. The van der Waals surface area contributed by atoms with Crippen molar-refractivity contribution in [2.45, 2.75) is 33.4 Å². The van der Waals surface area contributed by atoms with Crippen LogP contribution in [0.2, 0.25) is 0 Å². The van der Waals surface area contributed by atoms with Gasteiger partial charge in [-0.15, -0.1) is 0 Å². The van der Waals surface area contributed by atoms with Crippen molar-refractivity contribution in [1.29, 1.82) is 0 Å². The summed E-state index contributed by atoms with van der Waals surface area (Å²) in [6.45, 7) is 5.45. The predicted molar refractivity (Wildman–Crippen MR) is 74.4 cm³/mol. The lowest BCUT2D eigenvalue weighted by molar-refractivity contribution is 0.446. The monoisotopic (exact) mass is 261 g/mol. The Morgan fingerprint density at radius 3 is 2.79 bits per heavy atom. The van der Waals surface area contributed by atoms with E-state index in [9.17, 15) is 10.2 Å². The number of rotatable bonds is 5. The number of aromatic hydroxyl groups is 2. The number of phenols is 2. The van der Waals surface area contributed by atoms with Crippen molar-refractivity contribution in [1.82, 2.24) is 9.78 Å². The lowest BCUT2D eigenvalue weighted by atomic mass is 10.2. The van der Waals surface area contributed by atoms with Gasteiger partial charge in [-0.3, -0.25) is 4.68 Å². The van der Waals surface area contributed by atoms with Gasteiger partial charge in [0.1, 0.15) is 11.5 Å². The van der Waals surface area contributed by atoms with Crippen molar-refractivity contribution in [3.8, 4) is 11.5 Å². The van der Waals surface area contributed by atoms with Crippen LogP contribution in [0.25, 0.3) is 0 Å². The van der Waals surface area contributed by atoms with Crippen molar-refractivity contribution in [2.75, 3.05) is 5.32 Å². The van der Waals surface area contributed by atoms with Crippen LogP contribution in [0, 0.1) is 6.92 Å². The molecule has 0 aliphatic rings. The number of hydrogen-bond donors (Lipinski definition) is 3. The Balaban J connectivity index is 2.05. The number of phenolic OH excluding ortho intramolecular Hbond substituents is 2. The molecular weight excluding hydrogens is 242 g/mol. The first-order valence-electron chi connectivity index (χ1n) is 6.39. The molecule has 1 heterocycles. The number of anilines is 1. The molecule has 0 fully saturated rings. The minimum Gasteiger partial charge on any atom is -0.508 e. The summed E-state index contributed by atoms with van der Waals surface area (Å²) in [5.74, 6) is 0.152. The molecule has 0 saturated heterocycles. The summed E-state index contributed by atoms with van der Waals surface area (Å²) in [6.07, 6.45) is 3.01. The highest BCUT2D eigenvalue weighted by atomic mass is 16.3. The van der Waals surface area contributed by atoms with Gasteiger partial charge in [0.05, 0.1) is 11.4 Å². The van der Waals surface area contributed by atoms with Crippen LogP contribution in [-0.4, -0.2) is 20.0 Å². The third-order valence-electron chi connectivity index (χ3n) is 2.94. The van der Waals surface area contributed by atoms with Crippen LogP contribution in [0.4, 0.5) is 5.69 Å². The van der Waals surface area contributed by atoms with E-state index in [2.05, 4.69) is 17.3 Å². The smallest absolute Gasteiger partial charge is 0.124 e. The van der Waals surface area contributed by atoms with Gasteiger partial charge in [0, 0.05) is 30.9 Å². The standard InChI is InChI=1S/C14H19N3O2/c1-3-6-17-9-13(10(2)16-17)15-8-11-4-5-12(18)7-14(11)19/h4-5,7,9,15,18-19H,3,6,8H2,1-2H3. The first-order valence-corrected chi connectivity index (χ1v) is 6.39. The number of nitrogens with zero attached hydrogens (tertiary/aromatic N) is 2. The van der Waals surface area contributed by atoms with Crippen LogP contribution >= 0.6 is 0 Å². The maximum atomic E-state index is 9.71. The van der Waals surface area contributed by atoms with Gasteiger partial charge < -0.3 is 15.5 Å². The third kappa shape index (κ3) is 3.19. The van der Waals surface area contributed by atoms with Crippen LogP contribution in [-0.2, 0) is 13.1 Å². The number of aryl methyl sites for hydroxylation is 2. The molecule has 19 heavy (non-hydrogen) atoms. The van der Waals surface area contributed by atoms with Gasteiger partial charge in [-0.2, -0.15) is 5.10 Å². The Labute approximate surface area is 112 Å². The second-order valence-electron chi connectivity index (χ2n) is 4.56. The molecule has 1 aromatic carbocycles. The third-order valence-corrected chi connectivity index (χ3v) is 2.94. The molecule has 1 aromatic heterocycles. The van der Waals surface area contributed by atoms with E-state index < -0.39 is 0 Å². The molecule has 0 saturated carbocycles. The quantitative estimate of drug-likeness (QED) is 0.773. The van der Waals surface area contributed by atoms with Gasteiger partial charge in [0.2, 0.25) is 0 Å². The first kappa shape index (κ1) is 13.3. The molecule has 3 N–H and O–H groups in total. The number of nitrogens with one attached hydrogen (secondary N) is 1. The zero-order chi connectivity index (χ0) is 13.8. The normalized spacial score (nSPS) is 10.6. The van der Waals surface area contributed by atoms with Crippen LogP contribution in [0.5, 0.6) is 11.5 Å². The fourth-order valence-electron chi connectivity index (χ4n) is 1.93. The second-order valence-corrected chi connectivity index (χ2v) is 4.56. The Bertz CT molecular complexity index is 564. The Hall–Kier alpha value is -2.17. The first-order chi connectivity index (χ1) is 9.10. The predicted octanol–water partition coefficient (Wildman–Crippen LogP) is 2.62. The molecule has 5 heteroatoms. The highest BCUT2D eigenvalue weighted by Crippen LogP contribution is 2.24. The van der Waals surface area contributed by atoms with E-state index in [1.54, 1.807) is 12.1 Å². The molecule has 0 aliphatic carbocycles. The fraction of sp³-hybridized carbons (Fsp3) is 0.357. The summed E-state index contributed by atoms with van der Waals surface area (Å²) in [5.41, 5.74) is 2.63. The van der Waals surface area contributed by atoms with Crippen molar-refractivity contribution in [3.63, 3.8) is 0 Å². The highest BCUT2D eigenvalue weighted by molar-refractivity contribution is 5.48. The van der Waals surface area contributed by atoms with E-state index in [1.807, 2.05) is 17.8 Å². The molecule has 0 spiro atoms. The molecule has 0 bridgehead atoms. The molecule has 102 valence electrons. The van der Waals surface area contributed by atoms with E-state index >= 15 is 0 Å². The average Bonchev–Trinajstić information content (AvgIpc) is 2.69. The summed E-state index contributed by atoms with van der Waals surface area (Å²) in [7, 11) is 0. The maximum absolute atomic E-state index is 9.71. The second kappa shape index (κ2) is 5.65. The Morgan fingerprint density at radius 1 is 1.32 bits per heavy atom. The van der Waals surface area contributed by atoms with Crippen molar-refractivity contribution in [2.24, 2.45) is 0 Å². The van der Waals surface area contributed by atoms with Crippen LogP contribution in [0.1, 0.15) is 24.6 Å². The Morgan fingerprint density at radius 2 is 2.11 bits per heavy atom. The van der Waals surface area contributed by atoms with E-state index in [4.69, 9.17) is 0 Å². The SMILES string of the molecule is CCCn1cc(NCc2ccc(O)cc2O)c(C)n1. The molecule has 2 aromatic rings. The molecule has 5 nitrogen and oxygen atoms in total. The van der Waals surface area contributed by atoms with Crippen molar-refractivity contribution in [3.05, 3.63) is 35.7 Å². The summed E-state index contributed by atoms with van der Waals surface area (Å²) < 4.78 is 1.91. The van der Waals surface area contributed by atoms with Crippen molar-refractivity contribution >= 4 is 5.69 Å². The van der Waals surface area contributed by atoms with Crippen LogP contribution < -0.4 is 5.32 Å². The fourth-order valence-corrected chi connectivity index (χ4v) is 1.93. The number of benzene rings is 1. The van der Waals surface area contributed by atoms with Gasteiger partial charge in [-0.05, 0) is 25.5 Å². The number of hydrogen-bond acceptors (Lipinski definition) is 4. The molecule has 0 atom stereocenters. The van der Waals surface area contributed by atoms with Gasteiger partial charge >= 0.3 is 0 Å². The van der Waals surface area contributed by atoms with E-state index in [-0.39, 0.29) is 11.5 Å². The summed E-state index contributed by atoms with van der Waals surface area (Å²) in [5, 5.41) is 26.6. The molecule has 2 rings (SSSR count). The zero-order valence-corrected chi connectivity index (χ0v) is 11.2.